The third-order valence-corrected chi connectivity index (χ3v) is 3.97. The number of carbonyl (C=O) groups excluding carboxylic acids is 1. The van der Waals surface area contributed by atoms with Crippen molar-refractivity contribution in [2.75, 3.05) is 6.61 Å². The molecule has 25 heavy (non-hydrogen) atoms. The standard InChI is InChI=1S/C16H13BrClN3O4/c1-10(11-2-4-12(18)5-3-11)19-20-16(22)9-25-15-7-6-13(21(23)24)8-14(15)17/h2-8H,9H2,1H3,(H,20,22)/b19-10-. The van der Waals surface area contributed by atoms with Crippen molar-refractivity contribution in [1.82, 2.24) is 5.43 Å². The molecule has 9 heteroatoms. The number of hydrogen-bond donors (Lipinski definition) is 1. The molecule has 0 aliphatic rings. The monoisotopic (exact) mass is 425 g/mol. The van der Waals surface area contributed by atoms with Crippen LogP contribution in [0.1, 0.15) is 12.5 Å². The van der Waals surface area contributed by atoms with Crippen LogP contribution in [0.5, 0.6) is 5.75 Å². The molecule has 2 aromatic rings. The molecule has 0 bridgehead atoms. The molecule has 0 unspecified atom stereocenters. The van der Waals surface area contributed by atoms with Gasteiger partial charge in [-0.2, -0.15) is 5.10 Å². The van der Waals surface area contributed by atoms with Gasteiger partial charge in [0.1, 0.15) is 5.75 Å². The Kier molecular flexibility index (Phi) is 6.49. The number of nitro benzene ring substituents is 1. The number of non-ortho nitro benzene ring substituents is 1. The van der Waals surface area contributed by atoms with Crippen LogP contribution in [0.25, 0.3) is 0 Å². The highest BCUT2D eigenvalue weighted by atomic mass is 79.9. The molecule has 0 atom stereocenters. The Bertz CT molecular complexity index is 825. The van der Waals surface area contributed by atoms with E-state index < -0.39 is 10.8 Å². The molecule has 130 valence electrons. The third-order valence-electron chi connectivity index (χ3n) is 3.10. The number of amides is 1. The maximum atomic E-state index is 11.8. The summed E-state index contributed by atoms with van der Waals surface area (Å²) in [5.41, 5.74) is 3.74. The first-order valence-corrected chi connectivity index (χ1v) is 8.19. The number of benzene rings is 2. The van der Waals surface area contributed by atoms with E-state index in [-0.39, 0.29) is 12.3 Å². The maximum absolute atomic E-state index is 11.8. The number of hydrogen-bond acceptors (Lipinski definition) is 5. The van der Waals surface area contributed by atoms with Gasteiger partial charge in [0, 0.05) is 17.2 Å². The second-order valence-electron chi connectivity index (χ2n) is 4.90. The highest BCUT2D eigenvalue weighted by Crippen LogP contribution is 2.28. The van der Waals surface area contributed by atoms with Gasteiger partial charge in [0.05, 0.1) is 15.1 Å². The summed E-state index contributed by atoms with van der Waals surface area (Å²) < 4.78 is 5.70. The Labute approximate surface area is 156 Å². The molecule has 0 aliphatic heterocycles. The fraction of sp³-hybridized carbons (Fsp3) is 0.125. The van der Waals surface area contributed by atoms with Gasteiger partial charge in [-0.15, -0.1) is 0 Å². The van der Waals surface area contributed by atoms with E-state index in [0.29, 0.717) is 21.0 Å². The van der Waals surface area contributed by atoms with E-state index in [4.69, 9.17) is 16.3 Å². The van der Waals surface area contributed by atoms with Crippen molar-refractivity contribution in [3.8, 4) is 5.75 Å². The summed E-state index contributed by atoms with van der Waals surface area (Å²) in [5.74, 6) is -0.141. The van der Waals surface area contributed by atoms with E-state index in [1.54, 1.807) is 31.2 Å². The zero-order valence-corrected chi connectivity index (χ0v) is 15.4. The highest BCUT2D eigenvalue weighted by molar-refractivity contribution is 9.10. The smallest absolute Gasteiger partial charge is 0.277 e. The number of carbonyl (C=O) groups is 1. The lowest BCUT2D eigenvalue weighted by Crippen LogP contribution is -2.25. The maximum Gasteiger partial charge on any atom is 0.277 e. The Morgan fingerprint density at radius 1 is 1.32 bits per heavy atom. The lowest BCUT2D eigenvalue weighted by atomic mass is 10.1. The molecular weight excluding hydrogens is 414 g/mol. The minimum absolute atomic E-state index is 0.0770. The van der Waals surface area contributed by atoms with Crippen molar-refractivity contribution < 1.29 is 14.5 Å². The van der Waals surface area contributed by atoms with Crippen molar-refractivity contribution >= 4 is 44.8 Å². The SMILES string of the molecule is C/C(=N/NC(=O)COc1ccc([N+](=O)[O-])cc1Br)c1ccc(Cl)cc1. The molecule has 0 aliphatic carbocycles. The van der Waals surface area contributed by atoms with Gasteiger partial charge in [0.25, 0.3) is 11.6 Å². The number of rotatable bonds is 6. The van der Waals surface area contributed by atoms with Crippen molar-refractivity contribution in [2.45, 2.75) is 6.92 Å². The molecule has 2 aromatic carbocycles. The molecule has 0 saturated carbocycles. The van der Waals surface area contributed by atoms with Gasteiger partial charge in [0.15, 0.2) is 6.61 Å². The number of nitrogens with zero attached hydrogens (tertiary/aromatic N) is 2. The van der Waals surface area contributed by atoms with E-state index in [0.717, 1.165) is 5.56 Å². The number of nitro groups is 1. The average Bonchev–Trinajstić information content (AvgIpc) is 2.59. The topological polar surface area (TPSA) is 93.8 Å². The minimum Gasteiger partial charge on any atom is -0.483 e. The quantitative estimate of drug-likeness (QED) is 0.430. The molecule has 0 aromatic heterocycles. The number of halogens is 2. The summed E-state index contributed by atoms with van der Waals surface area (Å²) in [6.07, 6.45) is 0. The van der Waals surface area contributed by atoms with Crippen LogP contribution in [0, 0.1) is 10.1 Å². The van der Waals surface area contributed by atoms with Gasteiger partial charge in [0.2, 0.25) is 0 Å². The normalized spacial score (nSPS) is 11.1. The van der Waals surface area contributed by atoms with Gasteiger partial charge in [-0.05, 0) is 46.6 Å². The van der Waals surface area contributed by atoms with E-state index in [1.807, 2.05) is 0 Å². The summed E-state index contributed by atoms with van der Waals surface area (Å²) in [4.78, 5) is 22.0. The molecular formula is C16H13BrClN3O4. The van der Waals surface area contributed by atoms with Crippen LogP contribution < -0.4 is 10.2 Å². The molecule has 1 amide bonds. The number of ether oxygens (including phenoxy) is 1. The summed E-state index contributed by atoms with van der Waals surface area (Å²) in [7, 11) is 0. The van der Waals surface area contributed by atoms with Gasteiger partial charge in [-0.25, -0.2) is 5.43 Å². The molecule has 7 nitrogen and oxygen atoms in total. The van der Waals surface area contributed by atoms with Crippen LogP contribution in [0.3, 0.4) is 0 Å². The molecule has 0 radical (unpaired) electrons. The van der Waals surface area contributed by atoms with Gasteiger partial charge >= 0.3 is 0 Å². The summed E-state index contributed by atoms with van der Waals surface area (Å²) in [6, 6.07) is 11.0. The number of hydrazone groups is 1. The van der Waals surface area contributed by atoms with Crippen LogP contribution in [0.15, 0.2) is 52.0 Å². The molecule has 0 saturated heterocycles. The molecule has 0 fully saturated rings. The van der Waals surface area contributed by atoms with E-state index >= 15 is 0 Å². The lowest BCUT2D eigenvalue weighted by Gasteiger charge is -2.07. The van der Waals surface area contributed by atoms with Crippen molar-refractivity contribution in [1.29, 1.82) is 0 Å². The second kappa shape index (κ2) is 8.59. The van der Waals surface area contributed by atoms with Gasteiger partial charge < -0.3 is 4.74 Å². The zero-order chi connectivity index (χ0) is 18.4. The average molecular weight is 427 g/mol. The predicted molar refractivity (Wildman–Crippen MR) is 98.1 cm³/mol. The zero-order valence-electron chi connectivity index (χ0n) is 13.0. The third kappa shape index (κ3) is 5.54. The Morgan fingerprint density at radius 3 is 2.60 bits per heavy atom. The molecule has 2 rings (SSSR count). The largest absolute Gasteiger partial charge is 0.483 e. The Balaban J connectivity index is 1.91. The summed E-state index contributed by atoms with van der Waals surface area (Å²) in [6.45, 7) is 1.46. The second-order valence-corrected chi connectivity index (χ2v) is 6.19. The van der Waals surface area contributed by atoms with Crippen LogP contribution >= 0.6 is 27.5 Å². The van der Waals surface area contributed by atoms with Crippen LogP contribution in [-0.2, 0) is 4.79 Å². The molecule has 1 N–H and O–H groups in total. The fourth-order valence-electron chi connectivity index (χ4n) is 1.80. The highest BCUT2D eigenvalue weighted by Gasteiger charge is 2.11. The molecule has 0 heterocycles. The van der Waals surface area contributed by atoms with E-state index in [9.17, 15) is 14.9 Å². The van der Waals surface area contributed by atoms with Crippen LogP contribution in [0.2, 0.25) is 5.02 Å². The Morgan fingerprint density at radius 2 is 2.00 bits per heavy atom. The van der Waals surface area contributed by atoms with Gasteiger partial charge in [-0.3, -0.25) is 14.9 Å². The fourth-order valence-corrected chi connectivity index (χ4v) is 2.40. The van der Waals surface area contributed by atoms with Gasteiger partial charge in [-0.1, -0.05) is 23.7 Å². The van der Waals surface area contributed by atoms with E-state index in [1.165, 1.54) is 18.2 Å². The first kappa shape index (κ1) is 18.9. The first-order chi connectivity index (χ1) is 11.9. The van der Waals surface area contributed by atoms with Crippen LogP contribution in [-0.4, -0.2) is 23.1 Å². The van der Waals surface area contributed by atoms with E-state index in [2.05, 4.69) is 26.5 Å². The predicted octanol–water partition coefficient (Wildman–Crippen LogP) is 3.93. The van der Waals surface area contributed by atoms with Crippen molar-refractivity contribution in [3.05, 3.63) is 67.6 Å². The van der Waals surface area contributed by atoms with Crippen molar-refractivity contribution in [2.24, 2.45) is 5.10 Å². The lowest BCUT2D eigenvalue weighted by molar-refractivity contribution is -0.384. The van der Waals surface area contributed by atoms with Crippen LogP contribution in [0.4, 0.5) is 5.69 Å². The summed E-state index contributed by atoms with van der Waals surface area (Å²) >= 11 is 8.98. The van der Waals surface area contributed by atoms with Crippen molar-refractivity contribution in [3.63, 3.8) is 0 Å². The number of nitrogens with one attached hydrogen (secondary N) is 1. The first-order valence-electron chi connectivity index (χ1n) is 7.02. The minimum atomic E-state index is -0.518. The summed E-state index contributed by atoms with van der Waals surface area (Å²) in [5, 5.41) is 15.3. The Hall–Kier alpha value is -2.45. The molecule has 0 spiro atoms.